The fourth-order valence-electron chi connectivity index (χ4n) is 5.41. The highest BCUT2D eigenvalue weighted by Crippen LogP contribution is 2.34. The van der Waals surface area contributed by atoms with Gasteiger partial charge in [0, 0.05) is 66.5 Å². The van der Waals surface area contributed by atoms with Crippen LogP contribution < -0.4 is 15.8 Å². The molecule has 2 amide bonds. The molecule has 1 aromatic heterocycles. The Balaban J connectivity index is 1.45. The fraction of sp³-hybridized carbons (Fsp3) is 0.314. The minimum absolute atomic E-state index is 0.0384. The van der Waals surface area contributed by atoms with E-state index < -0.39 is 5.54 Å². The van der Waals surface area contributed by atoms with Crippen molar-refractivity contribution in [2.45, 2.75) is 39.7 Å². The molecular weight excluding hydrogens is 554 g/mol. The molecule has 1 fully saturated rings. The summed E-state index contributed by atoms with van der Waals surface area (Å²) in [7, 11) is 1.69. The number of hydrogen-bond acceptors (Lipinski definition) is 6. The van der Waals surface area contributed by atoms with Crippen LogP contribution in [0.2, 0.25) is 0 Å². The van der Waals surface area contributed by atoms with Gasteiger partial charge in [0.25, 0.3) is 17.4 Å². The van der Waals surface area contributed by atoms with Gasteiger partial charge in [0.15, 0.2) is 5.82 Å². The number of anilines is 3. The van der Waals surface area contributed by atoms with E-state index in [1.807, 2.05) is 81.1 Å². The molecule has 0 saturated carbocycles. The lowest BCUT2D eigenvalue weighted by Crippen LogP contribution is -2.46. The molecule has 44 heavy (non-hydrogen) atoms. The van der Waals surface area contributed by atoms with Gasteiger partial charge in [0.05, 0.1) is 12.3 Å². The molecule has 3 aromatic carbocycles. The zero-order chi connectivity index (χ0) is 31.4. The van der Waals surface area contributed by atoms with Crippen molar-refractivity contribution in [2.75, 3.05) is 36.5 Å². The Morgan fingerprint density at radius 2 is 1.64 bits per heavy atom. The van der Waals surface area contributed by atoms with Gasteiger partial charge in [-0.05, 0) is 82.1 Å². The molecule has 4 aromatic rings. The quantitative estimate of drug-likeness (QED) is 0.303. The normalized spacial score (nSPS) is 13.7. The van der Waals surface area contributed by atoms with Gasteiger partial charge in [0.1, 0.15) is 0 Å². The molecule has 0 aliphatic carbocycles. The van der Waals surface area contributed by atoms with Crippen molar-refractivity contribution < 1.29 is 14.3 Å². The number of benzene rings is 3. The molecule has 0 atom stereocenters. The summed E-state index contributed by atoms with van der Waals surface area (Å²) in [4.78, 5) is 48.2. The van der Waals surface area contributed by atoms with Crippen LogP contribution in [-0.4, -0.2) is 58.1 Å². The number of aromatic nitrogens is 2. The van der Waals surface area contributed by atoms with E-state index >= 15 is 0 Å². The number of nitrogens with zero attached hydrogens (tertiary/aromatic N) is 4. The Kier molecular flexibility index (Phi) is 8.96. The SMILES string of the molecule is Cc1c(-c2cn(C)c(=O)c(Nc3ccc(C(=O)N4CCCOCC4)cc3)n2)cccc1N(C(=O)c1ccccc1)C(C)(C)C. The van der Waals surface area contributed by atoms with E-state index in [0.717, 1.165) is 23.2 Å². The third-order valence-electron chi connectivity index (χ3n) is 7.69. The summed E-state index contributed by atoms with van der Waals surface area (Å²) in [6.45, 7) is 10.4. The maximum Gasteiger partial charge on any atom is 0.293 e. The number of carbonyl (C=O) groups excluding carboxylic acids is 2. The average molecular weight is 594 g/mol. The van der Waals surface area contributed by atoms with E-state index in [9.17, 15) is 14.4 Å². The molecule has 2 heterocycles. The second-order valence-corrected chi connectivity index (χ2v) is 12.0. The second kappa shape index (κ2) is 12.9. The van der Waals surface area contributed by atoms with Crippen molar-refractivity contribution >= 4 is 29.0 Å². The zero-order valence-corrected chi connectivity index (χ0v) is 26.0. The van der Waals surface area contributed by atoms with Gasteiger partial charge < -0.3 is 24.4 Å². The third kappa shape index (κ3) is 6.58. The molecule has 1 aliphatic rings. The Hall–Kier alpha value is -4.76. The molecule has 9 heteroatoms. The number of ether oxygens (including phenoxy) is 1. The minimum Gasteiger partial charge on any atom is -0.380 e. The van der Waals surface area contributed by atoms with Crippen molar-refractivity contribution in [2.24, 2.45) is 7.05 Å². The van der Waals surface area contributed by atoms with Crippen LogP contribution in [0, 0.1) is 6.92 Å². The topological polar surface area (TPSA) is 96.8 Å². The van der Waals surface area contributed by atoms with Crippen LogP contribution in [-0.2, 0) is 11.8 Å². The van der Waals surface area contributed by atoms with Gasteiger partial charge in [-0.25, -0.2) is 4.98 Å². The number of amides is 2. The molecule has 1 saturated heterocycles. The van der Waals surface area contributed by atoms with Crippen molar-refractivity contribution in [3.63, 3.8) is 0 Å². The van der Waals surface area contributed by atoms with Crippen LogP contribution in [0.5, 0.6) is 0 Å². The summed E-state index contributed by atoms with van der Waals surface area (Å²) in [5, 5.41) is 3.15. The number of nitrogens with one attached hydrogen (secondary N) is 1. The third-order valence-corrected chi connectivity index (χ3v) is 7.69. The number of carbonyl (C=O) groups is 2. The molecule has 0 unspecified atom stereocenters. The van der Waals surface area contributed by atoms with E-state index in [1.54, 1.807) is 42.4 Å². The summed E-state index contributed by atoms with van der Waals surface area (Å²) in [6.07, 6.45) is 2.52. The van der Waals surface area contributed by atoms with Gasteiger partial charge in [-0.15, -0.1) is 0 Å². The molecule has 0 bridgehead atoms. The molecule has 1 aliphatic heterocycles. The number of rotatable bonds is 6. The van der Waals surface area contributed by atoms with Gasteiger partial charge in [-0.2, -0.15) is 0 Å². The van der Waals surface area contributed by atoms with Gasteiger partial charge >= 0.3 is 0 Å². The maximum absolute atomic E-state index is 13.7. The lowest BCUT2D eigenvalue weighted by molar-refractivity contribution is 0.0741. The summed E-state index contributed by atoms with van der Waals surface area (Å²) >= 11 is 0. The summed E-state index contributed by atoms with van der Waals surface area (Å²) < 4.78 is 6.96. The van der Waals surface area contributed by atoms with Gasteiger partial charge in [0.2, 0.25) is 0 Å². The predicted octanol–water partition coefficient (Wildman–Crippen LogP) is 5.81. The average Bonchev–Trinajstić information content (AvgIpc) is 3.30. The molecule has 5 rings (SSSR count). The van der Waals surface area contributed by atoms with Crippen LogP contribution in [0.15, 0.2) is 83.8 Å². The Labute approximate surface area is 258 Å². The van der Waals surface area contributed by atoms with E-state index in [4.69, 9.17) is 9.72 Å². The first-order valence-electron chi connectivity index (χ1n) is 14.9. The smallest absolute Gasteiger partial charge is 0.293 e. The second-order valence-electron chi connectivity index (χ2n) is 12.0. The van der Waals surface area contributed by atoms with Crippen LogP contribution in [0.25, 0.3) is 11.3 Å². The maximum atomic E-state index is 13.7. The lowest BCUT2D eigenvalue weighted by Gasteiger charge is -2.37. The first-order chi connectivity index (χ1) is 21.0. The molecular formula is C35H39N5O4. The molecule has 0 radical (unpaired) electrons. The lowest BCUT2D eigenvalue weighted by atomic mass is 9.97. The molecule has 228 valence electrons. The summed E-state index contributed by atoms with van der Waals surface area (Å²) in [5.41, 5.74) is 4.05. The standard InChI is InChI=1S/C35H39N5O4/c1-24-28(13-9-14-30(24)40(35(2,3)4)33(42)25-11-7-6-8-12-25)29-23-38(5)34(43)31(37-29)36-27-17-15-26(16-18-27)32(41)39-19-10-21-44-22-20-39/h6-9,11-18,23H,10,19-22H2,1-5H3,(H,36,37). The van der Waals surface area contributed by atoms with E-state index in [1.165, 1.54) is 4.57 Å². The van der Waals surface area contributed by atoms with Crippen molar-refractivity contribution in [3.05, 3.63) is 106 Å². The number of hydrogen-bond donors (Lipinski definition) is 1. The monoisotopic (exact) mass is 593 g/mol. The highest BCUT2D eigenvalue weighted by molar-refractivity contribution is 6.07. The molecule has 1 N–H and O–H groups in total. The highest BCUT2D eigenvalue weighted by Gasteiger charge is 2.31. The zero-order valence-electron chi connectivity index (χ0n) is 26.0. The van der Waals surface area contributed by atoms with Gasteiger partial charge in [-0.3, -0.25) is 14.4 Å². The van der Waals surface area contributed by atoms with E-state index in [-0.39, 0.29) is 23.2 Å². The minimum atomic E-state index is -0.505. The first kappa shape index (κ1) is 30.7. The number of aryl methyl sites for hydroxylation is 1. The summed E-state index contributed by atoms with van der Waals surface area (Å²) in [5.74, 6) is 0.0234. The Morgan fingerprint density at radius 1 is 0.909 bits per heavy atom. The van der Waals surface area contributed by atoms with E-state index in [0.29, 0.717) is 48.8 Å². The van der Waals surface area contributed by atoms with Crippen LogP contribution in [0.4, 0.5) is 17.2 Å². The predicted molar refractivity (Wildman–Crippen MR) is 174 cm³/mol. The molecule has 9 nitrogen and oxygen atoms in total. The van der Waals surface area contributed by atoms with Crippen molar-refractivity contribution in [3.8, 4) is 11.3 Å². The van der Waals surface area contributed by atoms with Crippen molar-refractivity contribution in [1.29, 1.82) is 0 Å². The van der Waals surface area contributed by atoms with Crippen LogP contribution in [0.3, 0.4) is 0 Å². The summed E-state index contributed by atoms with van der Waals surface area (Å²) in [6, 6.07) is 22.1. The van der Waals surface area contributed by atoms with Gasteiger partial charge in [-0.1, -0.05) is 30.3 Å². The Bertz CT molecular complexity index is 1700. The molecule has 0 spiro atoms. The van der Waals surface area contributed by atoms with Crippen LogP contribution >= 0.6 is 0 Å². The van der Waals surface area contributed by atoms with Crippen molar-refractivity contribution in [1.82, 2.24) is 14.5 Å². The Morgan fingerprint density at radius 3 is 2.34 bits per heavy atom. The largest absolute Gasteiger partial charge is 0.380 e. The highest BCUT2D eigenvalue weighted by atomic mass is 16.5. The first-order valence-corrected chi connectivity index (χ1v) is 14.9. The van der Waals surface area contributed by atoms with E-state index in [2.05, 4.69) is 5.32 Å². The fourth-order valence-corrected chi connectivity index (χ4v) is 5.41. The van der Waals surface area contributed by atoms with Crippen LogP contribution in [0.1, 0.15) is 53.5 Å².